The Hall–Kier alpha value is -2.39. The Balaban J connectivity index is 1.83. The van der Waals surface area contributed by atoms with Crippen LogP contribution in [0.1, 0.15) is 50.5 Å². The van der Waals surface area contributed by atoms with Crippen LogP contribution in [-0.2, 0) is 10.0 Å². The number of sulfonamides is 1. The van der Waals surface area contributed by atoms with E-state index in [1.807, 2.05) is 0 Å². The number of methoxy groups -OCH3 is 1. The number of benzene rings is 1. The lowest BCUT2D eigenvalue weighted by Crippen LogP contribution is -2.43. The molecule has 3 rings (SSSR count). The van der Waals surface area contributed by atoms with E-state index in [9.17, 15) is 13.2 Å². The molecule has 1 aliphatic rings. The third-order valence-electron chi connectivity index (χ3n) is 5.93. The lowest BCUT2D eigenvalue weighted by molar-refractivity contribution is 0.0886. The molecule has 0 bridgehead atoms. The van der Waals surface area contributed by atoms with Gasteiger partial charge in [0, 0.05) is 18.2 Å². The summed E-state index contributed by atoms with van der Waals surface area (Å²) in [5.74, 6) is 1.05. The first-order valence-electron chi connectivity index (χ1n) is 10.3. The molecule has 1 fully saturated rings. The Bertz CT molecular complexity index is 1000. The molecule has 1 aromatic heterocycles. The van der Waals surface area contributed by atoms with Gasteiger partial charge >= 0.3 is 0 Å². The summed E-state index contributed by atoms with van der Waals surface area (Å²) in [4.78, 5) is 12.7. The van der Waals surface area contributed by atoms with Crippen molar-refractivity contribution in [3.8, 4) is 17.0 Å². The van der Waals surface area contributed by atoms with Crippen LogP contribution in [0.15, 0.2) is 29.2 Å². The highest BCUT2D eigenvalue weighted by Crippen LogP contribution is 2.31. The van der Waals surface area contributed by atoms with Gasteiger partial charge < -0.3 is 10.1 Å². The van der Waals surface area contributed by atoms with Gasteiger partial charge in [0.15, 0.2) is 0 Å². The van der Waals surface area contributed by atoms with E-state index in [4.69, 9.17) is 4.74 Å². The van der Waals surface area contributed by atoms with E-state index in [2.05, 4.69) is 34.1 Å². The lowest BCUT2D eigenvalue weighted by atomic mass is 9.78. The second kappa shape index (κ2) is 9.18. The summed E-state index contributed by atoms with van der Waals surface area (Å²) in [7, 11) is -2.30. The summed E-state index contributed by atoms with van der Waals surface area (Å²) in [6.45, 7) is 6.37. The summed E-state index contributed by atoms with van der Waals surface area (Å²) >= 11 is 0. The number of amides is 1. The predicted molar refractivity (Wildman–Crippen MR) is 115 cm³/mol. The highest BCUT2D eigenvalue weighted by Gasteiger charge is 2.29. The Morgan fingerprint density at radius 2 is 2.03 bits per heavy atom. The monoisotopic (exact) mass is 434 g/mol. The molecule has 2 aromatic rings. The minimum Gasteiger partial charge on any atom is -0.495 e. The fraction of sp³-hybridized carbons (Fsp3) is 0.524. The van der Waals surface area contributed by atoms with Crippen molar-refractivity contribution in [1.29, 1.82) is 0 Å². The average molecular weight is 435 g/mol. The van der Waals surface area contributed by atoms with Crippen molar-refractivity contribution in [1.82, 2.24) is 20.2 Å². The molecule has 9 heteroatoms. The maximum atomic E-state index is 12.7. The van der Waals surface area contributed by atoms with E-state index in [1.54, 1.807) is 25.1 Å². The third kappa shape index (κ3) is 4.67. The fourth-order valence-corrected chi connectivity index (χ4v) is 5.17. The predicted octanol–water partition coefficient (Wildman–Crippen LogP) is 2.94. The van der Waals surface area contributed by atoms with Gasteiger partial charge in [-0.15, -0.1) is 0 Å². The van der Waals surface area contributed by atoms with Gasteiger partial charge in [0.05, 0.1) is 12.8 Å². The molecule has 1 amide bonds. The summed E-state index contributed by atoms with van der Waals surface area (Å²) in [6, 6.07) is 6.58. The molecular formula is C21H30N4O4S. The number of carbonyl (C=O) groups is 1. The van der Waals surface area contributed by atoms with Gasteiger partial charge in [-0.2, -0.15) is 5.10 Å². The standard InChI is InChI=1S/C21H30N4O4S/c1-5-22-30(27,28)20-11-15(9-10-19(20)29-4)17-12-18(25-24-17)21(26)23-16-8-6-7-13(2)14(16)3/h9-14,16,22H,5-8H2,1-4H3,(H,23,26)(H,24,25). The van der Waals surface area contributed by atoms with E-state index in [0.29, 0.717) is 28.8 Å². The number of hydrogen-bond donors (Lipinski definition) is 3. The van der Waals surface area contributed by atoms with Gasteiger partial charge in [-0.25, -0.2) is 13.1 Å². The topological polar surface area (TPSA) is 113 Å². The first-order chi connectivity index (χ1) is 14.3. The van der Waals surface area contributed by atoms with E-state index in [-0.39, 0.29) is 29.1 Å². The van der Waals surface area contributed by atoms with Crippen molar-refractivity contribution in [3.05, 3.63) is 30.0 Å². The van der Waals surface area contributed by atoms with Crippen LogP contribution < -0.4 is 14.8 Å². The molecule has 3 unspecified atom stereocenters. The van der Waals surface area contributed by atoms with Gasteiger partial charge in [0.25, 0.3) is 5.91 Å². The molecule has 164 valence electrons. The molecule has 0 spiro atoms. The molecule has 30 heavy (non-hydrogen) atoms. The largest absolute Gasteiger partial charge is 0.495 e. The Kier molecular flexibility index (Phi) is 6.82. The first-order valence-corrected chi connectivity index (χ1v) is 11.8. The molecule has 1 saturated carbocycles. The van der Waals surface area contributed by atoms with Crippen molar-refractivity contribution in [2.45, 2.75) is 51.0 Å². The number of aromatic amines is 1. The maximum Gasteiger partial charge on any atom is 0.269 e. The number of nitrogens with zero attached hydrogens (tertiary/aromatic N) is 1. The van der Waals surface area contributed by atoms with Crippen LogP contribution in [0.3, 0.4) is 0 Å². The summed E-state index contributed by atoms with van der Waals surface area (Å²) in [5.41, 5.74) is 1.41. The number of hydrogen-bond acceptors (Lipinski definition) is 5. The normalized spacial score (nSPS) is 21.9. The lowest BCUT2D eigenvalue weighted by Gasteiger charge is -2.34. The van der Waals surface area contributed by atoms with Crippen molar-refractivity contribution in [2.75, 3.05) is 13.7 Å². The van der Waals surface area contributed by atoms with Crippen LogP contribution >= 0.6 is 0 Å². The quantitative estimate of drug-likeness (QED) is 0.620. The van der Waals surface area contributed by atoms with E-state index in [1.165, 1.54) is 19.6 Å². The van der Waals surface area contributed by atoms with Gasteiger partial charge in [-0.1, -0.05) is 33.6 Å². The van der Waals surface area contributed by atoms with Gasteiger partial charge in [0.2, 0.25) is 10.0 Å². The van der Waals surface area contributed by atoms with Crippen LogP contribution in [0.4, 0.5) is 0 Å². The molecular weight excluding hydrogens is 404 g/mol. The molecule has 3 N–H and O–H groups in total. The fourth-order valence-electron chi connectivity index (χ4n) is 3.93. The van der Waals surface area contributed by atoms with Gasteiger partial charge in [0.1, 0.15) is 16.3 Å². The number of nitrogens with one attached hydrogen (secondary N) is 3. The Morgan fingerprint density at radius 3 is 2.73 bits per heavy atom. The molecule has 1 heterocycles. The number of carbonyl (C=O) groups excluding carboxylic acids is 1. The SMILES string of the molecule is CCNS(=O)(=O)c1cc(-c2cc(C(=O)NC3CCCC(C)C3C)[nH]n2)ccc1OC. The summed E-state index contributed by atoms with van der Waals surface area (Å²) < 4.78 is 32.7. The highest BCUT2D eigenvalue weighted by molar-refractivity contribution is 7.89. The zero-order chi connectivity index (χ0) is 21.9. The first kappa shape index (κ1) is 22.3. The van der Waals surface area contributed by atoms with Crippen molar-refractivity contribution in [2.24, 2.45) is 11.8 Å². The molecule has 0 radical (unpaired) electrons. The molecule has 1 aromatic carbocycles. The number of aromatic nitrogens is 2. The highest BCUT2D eigenvalue weighted by atomic mass is 32.2. The second-order valence-electron chi connectivity index (χ2n) is 7.88. The van der Waals surface area contributed by atoms with Crippen LogP contribution in [0.25, 0.3) is 11.3 Å². The summed E-state index contributed by atoms with van der Waals surface area (Å²) in [5, 5.41) is 10.1. The Labute approximate surface area is 177 Å². The van der Waals surface area contributed by atoms with Crippen LogP contribution in [0.5, 0.6) is 5.75 Å². The average Bonchev–Trinajstić information content (AvgIpc) is 3.21. The second-order valence-corrected chi connectivity index (χ2v) is 9.62. The Morgan fingerprint density at radius 1 is 1.27 bits per heavy atom. The molecule has 1 aliphatic carbocycles. The minimum absolute atomic E-state index is 0.0309. The van der Waals surface area contributed by atoms with Crippen LogP contribution in [0.2, 0.25) is 0 Å². The maximum absolute atomic E-state index is 12.7. The van der Waals surface area contributed by atoms with Crippen molar-refractivity contribution >= 4 is 15.9 Å². The number of H-pyrrole nitrogens is 1. The van der Waals surface area contributed by atoms with Crippen LogP contribution in [0, 0.1) is 11.8 Å². The molecule has 0 aliphatic heterocycles. The number of rotatable bonds is 7. The summed E-state index contributed by atoms with van der Waals surface area (Å²) in [6.07, 6.45) is 3.28. The van der Waals surface area contributed by atoms with E-state index < -0.39 is 10.0 Å². The molecule has 8 nitrogen and oxygen atoms in total. The van der Waals surface area contributed by atoms with Crippen molar-refractivity contribution < 1.29 is 17.9 Å². The molecule has 0 saturated heterocycles. The minimum atomic E-state index is -3.72. The van der Waals surface area contributed by atoms with Crippen molar-refractivity contribution in [3.63, 3.8) is 0 Å². The number of ether oxygens (including phenoxy) is 1. The van der Waals surface area contributed by atoms with Crippen LogP contribution in [-0.4, -0.2) is 44.2 Å². The third-order valence-corrected chi connectivity index (χ3v) is 7.50. The smallest absolute Gasteiger partial charge is 0.269 e. The van der Waals surface area contributed by atoms with Gasteiger partial charge in [-0.3, -0.25) is 9.89 Å². The van der Waals surface area contributed by atoms with E-state index in [0.717, 1.165) is 12.8 Å². The molecule has 3 atom stereocenters. The zero-order valence-corrected chi connectivity index (χ0v) is 18.7. The zero-order valence-electron chi connectivity index (χ0n) is 17.9. The van der Waals surface area contributed by atoms with Gasteiger partial charge in [-0.05, 0) is 42.5 Å². The van der Waals surface area contributed by atoms with E-state index >= 15 is 0 Å².